The summed E-state index contributed by atoms with van der Waals surface area (Å²) in [6.07, 6.45) is 4.37. The van der Waals surface area contributed by atoms with Gasteiger partial charge in [-0.2, -0.15) is 0 Å². The molecule has 1 N–H and O–H groups in total. The number of hydrogen-bond acceptors (Lipinski definition) is 2. The lowest BCUT2D eigenvalue weighted by atomic mass is 10.0. The molecule has 0 aliphatic rings. The van der Waals surface area contributed by atoms with E-state index in [0.717, 1.165) is 17.7 Å². The molecule has 0 aliphatic carbocycles. The number of likely N-dealkylation sites (N-methyl/N-ethyl adjacent to an activating group) is 1. The van der Waals surface area contributed by atoms with E-state index in [0.29, 0.717) is 10.0 Å². The Morgan fingerprint density at radius 2 is 2.00 bits per heavy atom. The third-order valence-corrected chi connectivity index (χ3v) is 3.74. The maximum absolute atomic E-state index is 6.20. The van der Waals surface area contributed by atoms with E-state index in [-0.39, 0.29) is 6.04 Å². The number of hydrogen-bond donors (Lipinski definition) is 1. The number of benzene rings is 1. The molecular formula is C13H15Cl2N3. The number of aryl methyl sites for hydroxylation is 1. The van der Waals surface area contributed by atoms with E-state index in [1.165, 1.54) is 0 Å². The fourth-order valence-electron chi connectivity index (χ4n) is 1.99. The normalized spacial score (nSPS) is 12.7. The third kappa shape index (κ3) is 2.69. The molecule has 18 heavy (non-hydrogen) atoms. The van der Waals surface area contributed by atoms with E-state index in [1.807, 2.05) is 43.1 Å². The van der Waals surface area contributed by atoms with Gasteiger partial charge in [0.25, 0.3) is 0 Å². The molecule has 0 saturated heterocycles. The Kier molecular flexibility index (Phi) is 4.27. The molecule has 2 rings (SSSR count). The summed E-state index contributed by atoms with van der Waals surface area (Å²) in [5.74, 6) is 0. The Balaban J connectivity index is 2.29. The fraction of sp³-hybridized carbons (Fsp3) is 0.308. The minimum atomic E-state index is 0.134. The highest BCUT2D eigenvalue weighted by Gasteiger charge is 2.16. The van der Waals surface area contributed by atoms with Crippen LogP contribution in [-0.2, 0) is 13.5 Å². The van der Waals surface area contributed by atoms with E-state index in [1.54, 1.807) is 6.33 Å². The first-order chi connectivity index (χ1) is 8.63. The molecule has 1 atom stereocenters. The lowest BCUT2D eigenvalue weighted by Gasteiger charge is -2.18. The van der Waals surface area contributed by atoms with Crippen LogP contribution in [0.2, 0.25) is 10.0 Å². The van der Waals surface area contributed by atoms with Crippen LogP contribution in [0, 0.1) is 0 Å². The zero-order valence-corrected chi connectivity index (χ0v) is 11.8. The van der Waals surface area contributed by atoms with Gasteiger partial charge < -0.3 is 9.88 Å². The van der Waals surface area contributed by atoms with E-state index in [2.05, 4.69) is 10.3 Å². The number of rotatable bonds is 4. The quantitative estimate of drug-likeness (QED) is 0.934. The van der Waals surface area contributed by atoms with Crippen molar-refractivity contribution in [2.45, 2.75) is 12.5 Å². The van der Waals surface area contributed by atoms with Gasteiger partial charge in [-0.25, -0.2) is 4.98 Å². The molecule has 1 heterocycles. The van der Waals surface area contributed by atoms with Gasteiger partial charge in [0, 0.05) is 23.3 Å². The molecule has 0 bridgehead atoms. The van der Waals surface area contributed by atoms with Crippen molar-refractivity contribution in [2.24, 2.45) is 7.05 Å². The lowest BCUT2D eigenvalue weighted by Crippen LogP contribution is -2.21. The van der Waals surface area contributed by atoms with Crippen LogP contribution in [0.3, 0.4) is 0 Å². The van der Waals surface area contributed by atoms with E-state index in [9.17, 15) is 0 Å². The molecule has 1 unspecified atom stereocenters. The summed E-state index contributed by atoms with van der Waals surface area (Å²) in [5, 5.41) is 4.67. The SMILES string of the molecule is CNC(Cc1c(Cl)cccc1Cl)c1cncn1C. The number of nitrogens with one attached hydrogen (secondary N) is 1. The van der Waals surface area contributed by atoms with E-state index >= 15 is 0 Å². The van der Waals surface area contributed by atoms with Crippen molar-refractivity contribution in [3.8, 4) is 0 Å². The van der Waals surface area contributed by atoms with Crippen molar-refractivity contribution < 1.29 is 0 Å². The number of nitrogens with zero attached hydrogens (tertiary/aromatic N) is 2. The lowest BCUT2D eigenvalue weighted by molar-refractivity contribution is 0.555. The number of aromatic nitrogens is 2. The van der Waals surface area contributed by atoms with Crippen molar-refractivity contribution in [1.29, 1.82) is 0 Å². The molecule has 1 aromatic carbocycles. The predicted molar refractivity (Wildman–Crippen MR) is 75.2 cm³/mol. The molecule has 0 radical (unpaired) electrons. The Labute approximate surface area is 117 Å². The summed E-state index contributed by atoms with van der Waals surface area (Å²) in [7, 11) is 3.89. The molecule has 0 fully saturated rings. The monoisotopic (exact) mass is 283 g/mol. The maximum Gasteiger partial charge on any atom is 0.0946 e. The topological polar surface area (TPSA) is 29.9 Å². The van der Waals surface area contributed by atoms with Crippen LogP contribution < -0.4 is 5.32 Å². The summed E-state index contributed by atoms with van der Waals surface area (Å²) in [6.45, 7) is 0. The van der Waals surface area contributed by atoms with Crippen molar-refractivity contribution in [1.82, 2.24) is 14.9 Å². The zero-order chi connectivity index (χ0) is 13.1. The number of halogens is 2. The Morgan fingerprint density at radius 3 is 2.50 bits per heavy atom. The van der Waals surface area contributed by atoms with Gasteiger partial charge in [-0.3, -0.25) is 0 Å². The van der Waals surface area contributed by atoms with Crippen LogP contribution in [0.4, 0.5) is 0 Å². The Morgan fingerprint density at radius 1 is 1.33 bits per heavy atom. The molecule has 0 aliphatic heterocycles. The Hall–Kier alpha value is -1.03. The van der Waals surface area contributed by atoms with Gasteiger partial charge in [0.1, 0.15) is 0 Å². The van der Waals surface area contributed by atoms with Crippen LogP contribution >= 0.6 is 23.2 Å². The second-order valence-corrected chi connectivity index (χ2v) is 4.99. The molecule has 1 aromatic heterocycles. The summed E-state index contributed by atoms with van der Waals surface area (Å²) in [6, 6.07) is 5.71. The number of imidazole rings is 1. The molecular weight excluding hydrogens is 269 g/mol. The second kappa shape index (κ2) is 5.74. The average molecular weight is 284 g/mol. The van der Waals surface area contributed by atoms with Crippen LogP contribution in [0.25, 0.3) is 0 Å². The van der Waals surface area contributed by atoms with Gasteiger partial charge in [0.15, 0.2) is 0 Å². The second-order valence-electron chi connectivity index (χ2n) is 4.18. The molecule has 0 spiro atoms. The maximum atomic E-state index is 6.20. The van der Waals surface area contributed by atoms with Crippen LogP contribution in [0.15, 0.2) is 30.7 Å². The standard InChI is InChI=1S/C13H15Cl2N3/c1-16-12(13-7-17-8-18(13)2)6-9-10(14)4-3-5-11(9)15/h3-5,7-8,12,16H,6H2,1-2H3. The first-order valence-electron chi connectivity index (χ1n) is 5.70. The van der Waals surface area contributed by atoms with Gasteiger partial charge in [0.05, 0.1) is 18.1 Å². The molecule has 0 saturated carbocycles. The van der Waals surface area contributed by atoms with Gasteiger partial charge in [-0.05, 0) is 31.2 Å². The van der Waals surface area contributed by atoms with E-state index < -0.39 is 0 Å². The highest BCUT2D eigenvalue weighted by Crippen LogP contribution is 2.28. The van der Waals surface area contributed by atoms with Crippen molar-refractivity contribution in [3.05, 3.63) is 52.0 Å². The minimum absolute atomic E-state index is 0.134. The van der Waals surface area contributed by atoms with Crippen molar-refractivity contribution >= 4 is 23.2 Å². The molecule has 2 aromatic rings. The fourth-order valence-corrected chi connectivity index (χ4v) is 2.54. The van der Waals surface area contributed by atoms with Gasteiger partial charge >= 0.3 is 0 Å². The van der Waals surface area contributed by atoms with Crippen LogP contribution in [0.1, 0.15) is 17.3 Å². The van der Waals surface area contributed by atoms with E-state index in [4.69, 9.17) is 23.2 Å². The van der Waals surface area contributed by atoms with Crippen LogP contribution in [-0.4, -0.2) is 16.6 Å². The minimum Gasteiger partial charge on any atom is -0.336 e. The predicted octanol–water partition coefficient (Wildman–Crippen LogP) is 3.23. The summed E-state index contributed by atoms with van der Waals surface area (Å²) < 4.78 is 1.99. The van der Waals surface area contributed by atoms with Gasteiger partial charge in [-0.15, -0.1) is 0 Å². The largest absolute Gasteiger partial charge is 0.336 e. The molecule has 5 heteroatoms. The Bertz CT molecular complexity index is 517. The molecule has 96 valence electrons. The van der Waals surface area contributed by atoms with Gasteiger partial charge in [-0.1, -0.05) is 29.3 Å². The molecule has 0 amide bonds. The zero-order valence-electron chi connectivity index (χ0n) is 10.3. The first-order valence-corrected chi connectivity index (χ1v) is 6.45. The summed E-state index contributed by atoms with van der Waals surface area (Å²) in [5.41, 5.74) is 2.06. The van der Waals surface area contributed by atoms with Gasteiger partial charge in [0.2, 0.25) is 0 Å². The average Bonchev–Trinajstić information content (AvgIpc) is 2.76. The highest BCUT2D eigenvalue weighted by molar-refractivity contribution is 6.36. The first kappa shape index (κ1) is 13.4. The molecule has 3 nitrogen and oxygen atoms in total. The van der Waals surface area contributed by atoms with Crippen molar-refractivity contribution in [3.63, 3.8) is 0 Å². The third-order valence-electron chi connectivity index (χ3n) is 3.03. The van der Waals surface area contributed by atoms with Crippen LogP contribution in [0.5, 0.6) is 0 Å². The van der Waals surface area contributed by atoms with Crippen molar-refractivity contribution in [2.75, 3.05) is 7.05 Å². The summed E-state index contributed by atoms with van der Waals surface area (Å²) >= 11 is 12.4. The highest BCUT2D eigenvalue weighted by atomic mass is 35.5. The smallest absolute Gasteiger partial charge is 0.0946 e. The summed E-state index contributed by atoms with van der Waals surface area (Å²) in [4.78, 5) is 4.13.